The van der Waals surface area contributed by atoms with Gasteiger partial charge in [0.05, 0.1) is 5.56 Å². The fraction of sp³-hybridized carbons (Fsp3) is 0.143. The number of anilines is 2. The van der Waals surface area contributed by atoms with Gasteiger partial charge in [0.2, 0.25) is 0 Å². The minimum atomic E-state index is -0.258. The molecule has 0 saturated carbocycles. The van der Waals surface area contributed by atoms with E-state index in [0.29, 0.717) is 11.3 Å². The number of rotatable bonds is 2. The zero-order valence-corrected chi connectivity index (χ0v) is 12.3. The molecule has 0 aliphatic carbocycles. The monoisotopic (exact) mass is 319 g/mol. The first kappa shape index (κ1) is 13.5. The summed E-state index contributed by atoms with van der Waals surface area (Å²) < 4.78 is 1.00. The van der Waals surface area contributed by atoms with Crippen LogP contribution < -0.4 is 11.1 Å². The van der Waals surface area contributed by atoms with E-state index in [1.165, 1.54) is 6.20 Å². The topological polar surface area (TPSA) is 68.0 Å². The van der Waals surface area contributed by atoms with Crippen molar-refractivity contribution in [2.24, 2.45) is 0 Å². The Morgan fingerprint density at radius 3 is 2.68 bits per heavy atom. The van der Waals surface area contributed by atoms with Crippen molar-refractivity contribution in [2.45, 2.75) is 13.8 Å². The molecule has 0 radical (unpaired) electrons. The van der Waals surface area contributed by atoms with E-state index >= 15 is 0 Å². The van der Waals surface area contributed by atoms with Crippen molar-refractivity contribution in [3.8, 4) is 0 Å². The smallest absolute Gasteiger partial charge is 0.259 e. The van der Waals surface area contributed by atoms with Crippen molar-refractivity contribution < 1.29 is 4.79 Å². The Hall–Kier alpha value is -1.88. The van der Waals surface area contributed by atoms with Crippen LogP contribution in [0.1, 0.15) is 21.6 Å². The summed E-state index contributed by atoms with van der Waals surface area (Å²) in [5.41, 5.74) is 9.19. The first-order chi connectivity index (χ1) is 8.97. The molecule has 0 saturated heterocycles. The molecular formula is C14H14BrN3O. The van der Waals surface area contributed by atoms with Gasteiger partial charge < -0.3 is 11.1 Å². The van der Waals surface area contributed by atoms with E-state index in [-0.39, 0.29) is 5.91 Å². The van der Waals surface area contributed by atoms with Gasteiger partial charge in [0.25, 0.3) is 5.91 Å². The largest absolute Gasteiger partial charge is 0.398 e. The van der Waals surface area contributed by atoms with Crippen LogP contribution in [-0.2, 0) is 0 Å². The predicted octanol–water partition coefficient (Wildman–Crippen LogP) is 3.30. The molecule has 19 heavy (non-hydrogen) atoms. The highest BCUT2D eigenvalue weighted by Gasteiger charge is 2.11. The van der Waals surface area contributed by atoms with E-state index in [4.69, 9.17) is 5.73 Å². The Bertz CT molecular complexity index is 641. The lowest BCUT2D eigenvalue weighted by Gasteiger charge is -2.09. The molecule has 0 atom stereocenters. The van der Waals surface area contributed by atoms with Crippen LogP contribution in [0.2, 0.25) is 0 Å². The van der Waals surface area contributed by atoms with Gasteiger partial charge in [0.15, 0.2) is 0 Å². The summed E-state index contributed by atoms with van der Waals surface area (Å²) in [5.74, 6) is -0.258. The number of nitrogen functional groups attached to an aromatic ring is 1. The maximum absolute atomic E-state index is 12.1. The van der Waals surface area contributed by atoms with E-state index in [2.05, 4.69) is 26.2 Å². The molecule has 2 rings (SSSR count). The Balaban J connectivity index is 2.23. The Morgan fingerprint density at radius 1 is 1.32 bits per heavy atom. The molecular weight excluding hydrogens is 306 g/mol. The molecule has 5 heteroatoms. The second-order valence-electron chi connectivity index (χ2n) is 4.33. The average molecular weight is 320 g/mol. The number of aromatic nitrogens is 1. The van der Waals surface area contributed by atoms with Gasteiger partial charge in [-0.3, -0.25) is 9.78 Å². The molecule has 0 bridgehead atoms. The van der Waals surface area contributed by atoms with Gasteiger partial charge in [0, 0.05) is 27.7 Å². The SMILES string of the molecule is Cc1cc(N)c(C(=O)Nc2ccc(Br)c(C)c2)cn1. The zero-order valence-electron chi connectivity index (χ0n) is 10.7. The standard InChI is InChI=1S/C14H14BrN3O/c1-8-5-10(3-4-12(8)15)18-14(19)11-7-17-9(2)6-13(11)16/h3-7H,1-2H3,(H2,16,17)(H,18,19). The maximum atomic E-state index is 12.1. The molecule has 1 amide bonds. The summed E-state index contributed by atoms with van der Waals surface area (Å²) in [7, 11) is 0. The summed E-state index contributed by atoms with van der Waals surface area (Å²) in [4.78, 5) is 16.2. The summed E-state index contributed by atoms with van der Waals surface area (Å²) in [6, 6.07) is 7.29. The summed E-state index contributed by atoms with van der Waals surface area (Å²) in [6.45, 7) is 3.79. The van der Waals surface area contributed by atoms with Crippen LogP contribution in [0.15, 0.2) is 34.9 Å². The summed E-state index contributed by atoms with van der Waals surface area (Å²) >= 11 is 3.42. The number of nitrogens with one attached hydrogen (secondary N) is 1. The van der Waals surface area contributed by atoms with E-state index in [0.717, 1.165) is 21.4 Å². The first-order valence-corrected chi connectivity index (χ1v) is 6.56. The summed E-state index contributed by atoms with van der Waals surface area (Å²) in [5, 5.41) is 2.81. The molecule has 0 unspecified atom stereocenters. The minimum absolute atomic E-state index is 0.258. The molecule has 4 nitrogen and oxygen atoms in total. The number of hydrogen-bond acceptors (Lipinski definition) is 3. The molecule has 0 spiro atoms. The highest BCUT2D eigenvalue weighted by atomic mass is 79.9. The van der Waals surface area contributed by atoms with Crippen LogP contribution in [0.5, 0.6) is 0 Å². The van der Waals surface area contributed by atoms with Gasteiger partial charge in [-0.15, -0.1) is 0 Å². The van der Waals surface area contributed by atoms with Crippen molar-refractivity contribution in [3.05, 3.63) is 51.8 Å². The van der Waals surface area contributed by atoms with Gasteiger partial charge in [-0.05, 0) is 43.7 Å². The van der Waals surface area contributed by atoms with E-state index < -0.39 is 0 Å². The number of nitrogens with zero attached hydrogens (tertiary/aromatic N) is 1. The Morgan fingerprint density at radius 2 is 2.05 bits per heavy atom. The maximum Gasteiger partial charge on any atom is 0.259 e. The van der Waals surface area contributed by atoms with Crippen LogP contribution in [-0.4, -0.2) is 10.9 Å². The van der Waals surface area contributed by atoms with Crippen molar-refractivity contribution in [2.75, 3.05) is 11.1 Å². The van der Waals surface area contributed by atoms with Crippen LogP contribution in [0.25, 0.3) is 0 Å². The fourth-order valence-electron chi connectivity index (χ4n) is 1.69. The second kappa shape index (κ2) is 5.40. The van der Waals surface area contributed by atoms with Gasteiger partial charge in [-0.1, -0.05) is 15.9 Å². The highest BCUT2D eigenvalue weighted by Crippen LogP contribution is 2.21. The predicted molar refractivity (Wildman–Crippen MR) is 80.2 cm³/mol. The Kier molecular flexibility index (Phi) is 3.85. The molecule has 2 aromatic rings. The molecule has 1 heterocycles. The molecule has 98 valence electrons. The van der Waals surface area contributed by atoms with Crippen LogP contribution >= 0.6 is 15.9 Å². The van der Waals surface area contributed by atoms with Gasteiger partial charge in [-0.2, -0.15) is 0 Å². The van der Waals surface area contributed by atoms with E-state index in [1.54, 1.807) is 6.07 Å². The van der Waals surface area contributed by atoms with Gasteiger partial charge in [0.1, 0.15) is 0 Å². The minimum Gasteiger partial charge on any atom is -0.398 e. The third-order valence-electron chi connectivity index (χ3n) is 2.73. The number of nitrogens with two attached hydrogens (primary N) is 1. The number of carbonyl (C=O) groups is 1. The third-order valence-corrected chi connectivity index (χ3v) is 3.62. The van der Waals surface area contributed by atoms with E-state index in [9.17, 15) is 4.79 Å². The van der Waals surface area contributed by atoms with Gasteiger partial charge in [-0.25, -0.2) is 0 Å². The van der Waals surface area contributed by atoms with Crippen molar-refractivity contribution >= 4 is 33.2 Å². The molecule has 0 fully saturated rings. The second-order valence-corrected chi connectivity index (χ2v) is 5.19. The number of hydrogen-bond donors (Lipinski definition) is 2. The van der Waals surface area contributed by atoms with Crippen LogP contribution in [0.3, 0.4) is 0 Å². The number of carbonyl (C=O) groups excluding carboxylic acids is 1. The van der Waals surface area contributed by atoms with Crippen molar-refractivity contribution in [1.82, 2.24) is 4.98 Å². The quantitative estimate of drug-likeness (QED) is 0.892. The number of benzene rings is 1. The lowest BCUT2D eigenvalue weighted by Crippen LogP contribution is -2.14. The van der Waals surface area contributed by atoms with Crippen molar-refractivity contribution in [3.63, 3.8) is 0 Å². The van der Waals surface area contributed by atoms with Gasteiger partial charge >= 0.3 is 0 Å². The van der Waals surface area contributed by atoms with Crippen LogP contribution in [0.4, 0.5) is 11.4 Å². The Labute approximate surface area is 120 Å². The number of amides is 1. The van der Waals surface area contributed by atoms with Crippen LogP contribution in [0, 0.1) is 13.8 Å². The normalized spacial score (nSPS) is 10.3. The van der Waals surface area contributed by atoms with Crippen molar-refractivity contribution in [1.29, 1.82) is 0 Å². The fourth-order valence-corrected chi connectivity index (χ4v) is 1.94. The zero-order chi connectivity index (χ0) is 14.0. The lowest BCUT2D eigenvalue weighted by atomic mass is 10.2. The number of halogens is 1. The number of aryl methyl sites for hydroxylation is 2. The number of pyridine rings is 1. The summed E-state index contributed by atoms with van der Waals surface area (Å²) in [6.07, 6.45) is 1.49. The lowest BCUT2D eigenvalue weighted by molar-refractivity contribution is 0.102. The molecule has 0 aliphatic heterocycles. The molecule has 1 aromatic heterocycles. The van der Waals surface area contributed by atoms with E-state index in [1.807, 2.05) is 32.0 Å². The molecule has 1 aromatic carbocycles. The highest BCUT2D eigenvalue weighted by molar-refractivity contribution is 9.10. The molecule has 0 aliphatic rings. The average Bonchev–Trinajstić information content (AvgIpc) is 2.33. The first-order valence-electron chi connectivity index (χ1n) is 5.77. The third kappa shape index (κ3) is 3.12. The molecule has 3 N–H and O–H groups in total.